The standard InChI is InChI=1S/C18H20ClN3O2/c19-13-6-4-12(5-7-13)17-16(23)8-10-21(17)18(24)15-11-14-3-1-2-9-22(14)20-15/h4-7,11,16-17,23H,1-3,8-10H2/t16-,17-/m1/s1. The first kappa shape index (κ1) is 15.7. The van der Waals surface area contributed by atoms with Crippen LogP contribution in [-0.2, 0) is 13.0 Å². The van der Waals surface area contributed by atoms with Crippen molar-refractivity contribution in [2.45, 2.75) is 44.4 Å². The smallest absolute Gasteiger partial charge is 0.274 e. The molecular formula is C18H20ClN3O2. The lowest BCUT2D eigenvalue weighted by atomic mass is 10.0. The van der Waals surface area contributed by atoms with Crippen molar-refractivity contribution in [1.29, 1.82) is 0 Å². The first-order valence-electron chi connectivity index (χ1n) is 8.45. The maximum Gasteiger partial charge on any atom is 0.274 e. The largest absolute Gasteiger partial charge is 0.391 e. The van der Waals surface area contributed by atoms with Crippen LogP contribution in [0.1, 0.15) is 47.1 Å². The predicted octanol–water partition coefficient (Wildman–Crippen LogP) is 2.82. The normalized spacial score (nSPS) is 23.3. The minimum atomic E-state index is -0.563. The molecule has 5 nitrogen and oxygen atoms in total. The number of carbonyl (C=O) groups is 1. The number of hydrogen-bond donors (Lipinski definition) is 1. The van der Waals surface area contributed by atoms with E-state index < -0.39 is 6.10 Å². The fraction of sp³-hybridized carbons (Fsp3) is 0.444. The zero-order valence-electron chi connectivity index (χ0n) is 13.4. The molecule has 1 amide bonds. The maximum atomic E-state index is 13.0. The van der Waals surface area contributed by atoms with Gasteiger partial charge >= 0.3 is 0 Å². The van der Waals surface area contributed by atoms with Crippen molar-refractivity contribution in [3.8, 4) is 0 Å². The molecule has 1 aromatic carbocycles. The molecule has 0 spiro atoms. The molecule has 2 aliphatic heterocycles. The van der Waals surface area contributed by atoms with E-state index in [1.165, 1.54) is 0 Å². The Bertz CT molecular complexity index is 733. The van der Waals surface area contributed by atoms with Crippen LogP contribution in [0.25, 0.3) is 0 Å². The summed E-state index contributed by atoms with van der Waals surface area (Å²) < 4.78 is 1.94. The number of fused-ring (bicyclic) bond motifs is 1. The summed E-state index contributed by atoms with van der Waals surface area (Å²) in [6, 6.07) is 8.90. The monoisotopic (exact) mass is 345 g/mol. The quantitative estimate of drug-likeness (QED) is 0.910. The number of benzene rings is 1. The van der Waals surface area contributed by atoms with Gasteiger partial charge in [-0.1, -0.05) is 23.7 Å². The summed E-state index contributed by atoms with van der Waals surface area (Å²) in [6.45, 7) is 1.42. The van der Waals surface area contributed by atoms with Crippen LogP contribution in [0.2, 0.25) is 5.02 Å². The molecule has 0 unspecified atom stereocenters. The molecular weight excluding hydrogens is 326 g/mol. The second-order valence-corrected chi connectivity index (χ2v) is 6.99. The van der Waals surface area contributed by atoms with Gasteiger partial charge in [0, 0.05) is 23.8 Å². The van der Waals surface area contributed by atoms with E-state index >= 15 is 0 Å². The fourth-order valence-corrected chi connectivity index (χ4v) is 3.86. The van der Waals surface area contributed by atoms with Gasteiger partial charge in [0.25, 0.3) is 5.91 Å². The van der Waals surface area contributed by atoms with Crippen LogP contribution in [0, 0.1) is 0 Å². The van der Waals surface area contributed by atoms with Crippen molar-refractivity contribution in [3.05, 3.63) is 52.3 Å². The Balaban J connectivity index is 1.62. The van der Waals surface area contributed by atoms with Crippen molar-refractivity contribution in [2.75, 3.05) is 6.54 Å². The van der Waals surface area contributed by atoms with Crippen molar-refractivity contribution >= 4 is 17.5 Å². The molecule has 2 atom stereocenters. The molecule has 2 aliphatic rings. The number of aryl methyl sites for hydroxylation is 2. The Morgan fingerprint density at radius 2 is 2.00 bits per heavy atom. The summed E-state index contributed by atoms with van der Waals surface area (Å²) in [5.41, 5.74) is 2.52. The molecule has 0 bridgehead atoms. The SMILES string of the molecule is O=C(c1cc2n(n1)CCCC2)N1CC[C@@H](O)[C@H]1c1ccc(Cl)cc1. The average Bonchev–Trinajstić information content (AvgIpc) is 3.18. The third-order valence-electron chi connectivity index (χ3n) is 4.97. The minimum absolute atomic E-state index is 0.103. The van der Waals surface area contributed by atoms with Crippen LogP contribution in [0.4, 0.5) is 0 Å². The molecule has 24 heavy (non-hydrogen) atoms. The van der Waals surface area contributed by atoms with Crippen molar-refractivity contribution in [3.63, 3.8) is 0 Å². The number of likely N-dealkylation sites (tertiary alicyclic amines) is 1. The van der Waals surface area contributed by atoms with E-state index in [4.69, 9.17) is 11.6 Å². The Morgan fingerprint density at radius 1 is 1.21 bits per heavy atom. The van der Waals surface area contributed by atoms with Gasteiger partial charge in [0.15, 0.2) is 5.69 Å². The lowest BCUT2D eigenvalue weighted by molar-refractivity contribution is 0.0631. The van der Waals surface area contributed by atoms with E-state index in [1.807, 2.05) is 22.9 Å². The lowest BCUT2D eigenvalue weighted by Crippen LogP contribution is -2.33. The first-order valence-corrected chi connectivity index (χ1v) is 8.82. The summed E-state index contributed by atoms with van der Waals surface area (Å²) in [5, 5.41) is 15.5. The van der Waals surface area contributed by atoms with Gasteiger partial charge in [-0.25, -0.2) is 0 Å². The zero-order valence-corrected chi connectivity index (χ0v) is 14.1. The summed E-state index contributed by atoms with van der Waals surface area (Å²) in [5.74, 6) is -0.103. The fourth-order valence-electron chi connectivity index (χ4n) is 3.74. The molecule has 1 saturated heterocycles. The minimum Gasteiger partial charge on any atom is -0.391 e. The van der Waals surface area contributed by atoms with Gasteiger partial charge in [0.2, 0.25) is 0 Å². The second-order valence-electron chi connectivity index (χ2n) is 6.55. The number of halogens is 1. The van der Waals surface area contributed by atoms with Crippen LogP contribution in [-0.4, -0.2) is 38.3 Å². The Kier molecular flexibility index (Phi) is 4.06. The van der Waals surface area contributed by atoms with Crippen LogP contribution in [0.5, 0.6) is 0 Å². The molecule has 6 heteroatoms. The van der Waals surface area contributed by atoms with Crippen molar-refractivity contribution in [2.24, 2.45) is 0 Å². The molecule has 0 aliphatic carbocycles. The molecule has 1 aromatic heterocycles. The molecule has 2 aromatic rings. The molecule has 4 rings (SSSR count). The number of aliphatic hydroxyl groups excluding tert-OH is 1. The number of aromatic nitrogens is 2. The molecule has 0 radical (unpaired) electrons. The van der Waals surface area contributed by atoms with Gasteiger partial charge in [-0.2, -0.15) is 5.10 Å². The van der Waals surface area contributed by atoms with E-state index in [1.54, 1.807) is 17.0 Å². The molecule has 0 saturated carbocycles. The van der Waals surface area contributed by atoms with Gasteiger partial charge < -0.3 is 10.0 Å². The number of aliphatic hydroxyl groups is 1. The molecule has 1 fully saturated rings. The van der Waals surface area contributed by atoms with E-state index in [0.29, 0.717) is 23.7 Å². The zero-order chi connectivity index (χ0) is 16.7. The number of carbonyl (C=O) groups excluding carboxylic acids is 1. The van der Waals surface area contributed by atoms with Crippen LogP contribution < -0.4 is 0 Å². The number of hydrogen-bond acceptors (Lipinski definition) is 3. The Morgan fingerprint density at radius 3 is 2.75 bits per heavy atom. The van der Waals surface area contributed by atoms with Crippen molar-refractivity contribution in [1.82, 2.24) is 14.7 Å². The van der Waals surface area contributed by atoms with Crippen LogP contribution in [0.15, 0.2) is 30.3 Å². The Labute approximate surface area is 145 Å². The van der Waals surface area contributed by atoms with Crippen LogP contribution >= 0.6 is 11.6 Å². The average molecular weight is 346 g/mol. The Hall–Kier alpha value is -1.85. The van der Waals surface area contributed by atoms with E-state index in [9.17, 15) is 9.90 Å². The topological polar surface area (TPSA) is 58.4 Å². The van der Waals surface area contributed by atoms with Gasteiger partial charge in [0.1, 0.15) is 0 Å². The number of nitrogens with zero attached hydrogens (tertiary/aromatic N) is 3. The summed E-state index contributed by atoms with van der Waals surface area (Å²) in [4.78, 5) is 14.7. The van der Waals surface area contributed by atoms with E-state index in [0.717, 1.165) is 37.1 Å². The third kappa shape index (κ3) is 2.72. The lowest BCUT2D eigenvalue weighted by Gasteiger charge is -2.26. The van der Waals surface area contributed by atoms with Gasteiger partial charge in [-0.3, -0.25) is 9.48 Å². The van der Waals surface area contributed by atoms with Gasteiger partial charge in [0.05, 0.1) is 12.1 Å². The summed E-state index contributed by atoms with van der Waals surface area (Å²) in [7, 11) is 0. The molecule has 1 N–H and O–H groups in total. The first-order chi connectivity index (χ1) is 11.6. The summed E-state index contributed by atoms with van der Waals surface area (Å²) >= 11 is 5.95. The highest BCUT2D eigenvalue weighted by Gasteiger charge is 2.38. The highest BCUT2D eigenvalue weighted by Crippen LogP contribution is 2.34. The van der Waals surface area contributed by atoms with Gasteiger partial charge in [-0.05, 0) is 49.4 Å². The summed E-state index contributed by atoms with van der Waals surface area (Å²) in [6.07, 6.45) is 3.25. The van der Waals surface area contributed by atoms with E-state index in [-0.39, 0.29) is 11.9 Å². The number of amides is 1. The highest BCUT2D eigenvalue weighted by molar-refractivity contribution is 6.30. The van der Waals surface area contributed by atoms with E-state index in [2.05, 4.69) is 5.10 Å². The van der Waals surface area contributed by atoms with Crippen molar-refractivity contribution < 1.29 is 9.90 Å². The maximum absolute atomic E-state index is 13.0. The highest BCUT2D eigenvalue weighted by atomic mass is 35.5. The van der Waals surface area contributed by atoms with Crippen LogP contribution in [0.3, 0.4) is 0 Å². The van der Waals surface area contributed by atoms with Gasteiger partial charge in [-0.15, -0.1) is 0 Å². The predicted molar refractivity (Wildman–Crippen MR) is 91.0 cm³/mol. The number of rotatable bonds is 2. The third-order valence-corrected chi connectivity index (χ3v) is 5.23. The molecule has 3 heterocycles. The molecule has 126 valence electrons. The second kappa shape index (κ2) is 6.22.